The highest BCUT2D eigenvalue weighted by molar-refractivity contribution is 7.09. The van der Waals surface area contributed by atoms with Crippen LogP contribution >= 0.6 is 11.3 Å². The summed E-state index contributed by atoms with van der Waals surface area (Å²) < 4.78 is 52.3. The Morgan fingerprint density at radius 2 is 2.10 bits per heavy atom. The zero-order chi connectivity index (χ0) is 14.8. The van der Waals surface area contributed by atoms with E-state index in [0.717, 1.165) is 18.2 Å². The summed E-state index contributed by atoms with van der Waals surface area (Å²) >= 11 is 1.35. The predicted octanol–water partition coefficient (Wildman–Crippen LogP) is 3.80. The SMILES string of the molecule is CNC(Cc1nccs1)c1cc(F)ccc1C(F)(F)F. The van der Waals surface area contributed by atoms with Gasteiger partial charge in [0.2, 0.25) is 0 Å². The molecule has 1 atom stereocenters. The van der Waals surface area contributed by atoms with Crippen LogP contribution in [-0.2, 0) is 12.6 Å². The molecule has 2 rings (SSSR count). The highest BCUT2D eigenvalue weighted by atomic mass is 32.1. The van der Waals surface area contributed by atoms with Crippen molar-refractivity contribution in [3.63, 3.8) is 0 Å². The summed E-state index contributed by atoms with van der Waals surface area (Å²) in [6, 6.07) is 1.88. The Morgan fingerprint density at radius 3 is 2.65 bits per heavy atom. The second-order valence-corrected chi connectivity index (χ2v) is 5.18. The molecule has 0 saturated carbocycles. The fourth-order valence-corrected chi connectivity index (χ4v) is 2.64. The molecule has 1 aromatic heterocycles. The number of nitrogens with zero attached hydrogens (tertiary/aromatic N) is 1. The standard InChI is InChI=1S/C13H12F4N2S/c1-18-11(7-12-19-4-5-20-12)9-6-8(14)2-3-10(9)13(15,16)17/h2-6,11,18H,7H2,1H3. The summed E-state index contributed by atoms with van der Waals surface area (Å²) in [6.45, 7) is 0. The van der Waals surface area contributed by atoms with Gasteiger partial charge in [-0.05, 0) is 30.8 Å². The van der Waals surface area contributed by atoms with Gasteiger partial charge in [-0.3, -0.25) is 0 Å². The maximum atomic E-state index is 13.3. The first-order valence-corrected chi connectivity index (χ1v) is 6.72. The van der Waals surface area contributed by atoms with Crippen LogP contribution in [0.1, 0.15) is 22.2 Å². The van der Waals surface area contributed by atoms with E-state index in [0.29, 0.717) is 5.01 Å². The fourth-order valence-electron chi connectivity index (χ4n) is 1.98. The highest BCUT2D eigenvalue weighted by Gasteiger charge is 2.35. The van der Waals surface area contributed by atoms with Gasteiger partial charge in [0.1, 0.15) is 5.82 Å². The van der Waals surface area contributed by atoms with Crippen molar-refractivity contribution in [3.05, 3.63) is 51.7 Å². The molecule has 2 nitrogen and oxygen atoms in total. The lowest BCUT2D eigenvalue weighted by molar-refractivity contribution is -0.138. The first-order chi connectivity index (χ1) is 9.41. The molecule has 0 fully saturated rings. The zero-order valence-corrected chi connectivity index (χ0v) is 11.4. The number of aromatic nitrogens is 1. The van der Waals surface area contributed by atoms with E-state index in [-0.39, 0.29) is 12.0 Å². The van der Waals surface area contributed by atoms with Gasteiger partial charge in [0.05, 0.1) is 10.6 Å². The molecule has 1 heterocycles. The fraction of sp³-hybridized carbons (Fsp3) is 0.308. The molecule has 20 heavy (non-hydrogen) atoms. The third-order valence-electron chi connectivity index (χ3n) is 2.91. The average Bonchev–Trinajstić information content (AvgIpc) is 2.87. The van der Waals surface area contributed by atoms with Crippen molar-refractivity contribution >= 4 is 11.3 Å². The largest absolute Gasteiger partial charge is 0.416 e. The van der Waals surface area contributed by atoms with Gasteiger partial charge in [-0.1, -0.05) is 0 Å². The van der Waals surface area contributed by atoms with Gasteiger partial charge in [-0.25, -0.2) is 9.37 Å². The van der Waals surface area contributed by atoms with Gasteiger partial charge >= 0.3 is 6.18 Å². The minimum absolute atomic E-state index is 0.102. The Morgan fingerprint density at radius 1 is 1.35 bits per heavy atom. The molecule has 0 spiro atoms. The molecule has 0 aliphatic carbocycles. The molecule has 0 radical (unpaired) electrons. The van der Waals surface area contributed by atoms with E-state index in [9.17, 15) is 17.6 Å². The number of benzene rings is 1. The monoisotopic (exact) mass is 304 g/mol. The van der Waals surface area contributed by atoms with Crippen molar-refractivity contribution in [2.24, 2.45) is 0 Å². The van der Waals surface area contributed by atoms with Gasteiger partial charge in [0, 0.05) is 24.0 Å². The Bertz CT molecular complexity index is 566. The Labute approximate surface area is 117 Å². The number of likely N-dealkylation sites (N-methyl/N-ethyl adjacent to an activating group) is 1. The van der Waals surface area contributed by atoms with Crippen LogP contribution in [0.5, 0.6) is 0 Å². The van der Waals surface area contributed by atoms with Gasteiger partial charge in [-0.15, -0.1) is 11.3 Å². The normalized spacial score (nSPS) is 13.4. The minimum atomic E-state index is -4.51. The predicted molar refractivity (Wildman–Crippen MR) is 69.0 cm³/mol. The molecule has 0 aliphatic heterocycles. The van der Waals surface area contributed by atoms with Gasteiger partial charge in [0.15, 0.2) is 0 Å². The zero-order valence-electron chi connectivity index (χ0n) is 10.5. The molecule has 1 unspecified atom stereocenters. The molecule has 0 amide bonds. The number of alkyl halides is 3. The van der Waals surface area contributed by atoms with Crippen LogP contribution in [0.4, 0.5) is 17.6 Å². The molecule has 0 aliphatic rings. The quantitative estimate of drug-likeness (QED) is 0.869. The molecule has 0 saturated heterocycles. The van der Waals surface area contributed by atoms with Crippen LogP contribution in [0.3, 0.4) is 0 Å². The Hall–Kier alpha value is -1.47. The van der Waals surface area contributed by atoms with Crippen molar-refractivity contribution in [1.29, 1.82) is 0 Å². The topological polar surface area (TPSA) is 24.9 Å². The summed E-state index contributed by atoms with van der Waals surface area (Å²) in [5.41, 5.74) is -0.926. The molecule has 2 aromatic rings. The lowest BCUT2D eigenvalue weighted by atomic mass is 9.97. The molecule has 7 heteroatoms. The summed E-state index contributed by atoms with van der Waals surface area (Å²) in [5.74, 6) is -0.688. The van der Waals surface area contributed by atoms with Gasteiger partial charge in [-0.2, -0.15) is 13.2 Å². The van der Waals surface area contributed by atoms with Crippen molar-refractivity contribution in [2.45, 2.75) is 18.6 Å². The minimum Gasteiger partial charge on any atom is -0.313 e. The van der Waals surface area contributed by atoms with E-state index >= 15 is 0 Å². The maximum Gasteiger partial charge on any atom is 0.416 e. The number of nitrogens with one attached hydrogen (secondary N) is 1. The summed E-state index contributed by atoms with van der Waals surface area (Å²) in [6.07, 6.45) is -2.65. The number of hydrogen-bond donors (Lipinski definition) is 1. The molecule has 1 N–H and O–H groups in total. The Balaban J connectivity index is 2.40. The summed E-state index contributed by atoms with van der Waals surface area (Å²) in [4.78, 5) is 4.05. The van der Waals surface area contributed by atoms with Crippen LogP contribution in [0.2, 0.25) is 0 Å². The molecule has 108 valence electrons. The van der Waals surface area contributed by atoms with Crippen LogP contribution < -0.4 is 5.32 Å². The Kier molecular flexibility index (Phi) is 4.39. The molecular weight excluding hydrogens is 292 g/mol. The van der Waals surface area contributed by atoms with Crippen LogP contribution in [0, 0.1) is 5.82 Å². The first-order valence-electron chi connectivity index (χ1n) is 5.84. The first kappa shape index (κ1) is 14.9. The van der Waals surface area contributed by atoms with E-state index < -0.39 is 23.6 Å². The number of hydrogen-bond acceptors (Lipinski definition) is 3. The van der Waals surface area contributed by atoms with Crippen LogP contribution in [0.15, 0.2) is 29.8 Å². The van der Waals surface area contributed by atoms with Gasteiger partial charge < -0.3 is 5.32 Å². The third-order valence-corrected chi connectivity index (χ3v) is 3.71. The maximum absolute atomic E-state index is 13.3. The number of rotatable bonds is 4. The third kappa shape index (κ3) is 3.34. The number of thiazole rings is 1. The van der Waals surface area contributed by atoms with E-state index in [2.05, 4.69) is 10.3 Å². The van der Waals surface area contributed by atoms with E-state index in [1.54, 1.807) is 18.6 Å². The second kappa shape index (κ2) is 5.88. The molecule has 1 aromatic carbocycles. The van der Waals surface area contributed by atoms with Crippen molar-refractivity contribution < 1.29 is 17.6 Å². The average molecular weight is 304 g/mol. The van der Waals surface area contributed by atoms with Gasteiger partial charge in [0.25, 0.3) is 0 Å². The van der Waals surface area contributed by atoms with E-state index in [1.807, 2.05) is 0 Å². The number of halogens is 4. The van der Waals surface area contributed by atoms with E-state index in [1.165, 1.54) is 11.3 Å². The van der Waals surface area contributed by atoms with E-state index in [4.69, 9.17) is 0 Å². The van der Waals surface area contributed by atoms with Crippen molar-refractivity contribution in [2.75, 3.05) is 7.05 Å². The van der Waals surface area contributed by atoms with Crippen LogP contribution in [-0.4, -0.2) is 12.0 Å². The lowest BCUT2D eigenvalue weighted by Crippen LogP contribution is -2.23. The molecule has 0 bridgehead atoms. The summed E-state index contributed by atoms with van der Waals surface area (Å²) in [7, 11) is 1.54. The smallest absolute Gasteiger partial charge is 0.313 e. The lowest BCUT2D eigenvalue weighted by Gasteiger charge is -2.20. The second-order valence-electron chi connectivity index (χ2n) is 4.20. The van der Waals surface area contributed by atoms with Crippen molar-refractivity contribution in [3.8, 4) is 0 Å². The van der Waals surface area contributed by atoms with Crippen molar-refractivity contribution in [1.82, 2.24) is 10.3 Å². The van der Waals surface area contributed by atoms with Crippen LogP contribution in [0.25, 0.3) is 0 Å². The molecular formula is C13H12F4N2S. The highest BCUT2D eigenvalue weighted by Crippen LogP contribution is 2.36. The summed E-state index contributed by atoms with van der Waals surface area (Å²) in [5, 5.41) is 5.24.